The summed E-state index contributed by atoms with van der Waals surface area (Å²) in [5.74, 6) is 0. The fraction of sp³-hybridized carbons (Fsp3) is 0.812. The van der Waals surface area contributed by atoms with Crippen molar-refractivity contribution in [1.82, 2.24) is 4.90 Å². The van der Waals surface area contributed by atoms with E-state index in [1.54, 1.807) is 4.90 Å². The van der Waals surface area contributed by atoms with Crippen LogP contribution in [0.2, 0.25) is 0 Å². The number of ether oxygens (including phenoxy) is 2. The van der Waals surface area contributed by atoms with Gasteiger partial charge in [-0.15, -0.1) is 6.58 Å². The van der Waals surface area contributed by atoms with Crippen LogP contribution >= 0.6 is 0 Å². The predicted octanol–water partition coefficient (Wildman–Crippen LogP) is 3.76. The van der Waals surface area contributed by atoms with Gasteiger partial charge >= 0.3 is 6.09 Å². The van der Waals surface area contributed by atoms with Crippen molar-refractivity contribution < 1.29 is 14.3 Å². The Bertz CT molecular complexity index is 359. The summed E-state index contributed by atoms with van der Waals surface area (Å²) in [4.78, 5) is 13.8. The number of hydrogen-bond acceptors (Lipinski definition) is 3. The van der Waals surface area contributed by atoms with E-state index in [0.29, 0.717) is 19.7 Å². The van der Waals surface area contributed by atoms with Gasteiger partial charge in [0.2, 0.25) is 0 Å². The molecule has 1 aliphatic heterocycles. The number of hydrogen-bond donors (Lipinski definition) is 0. The van der Waals surface area contributed by atoms with Crippen LogP contribution in [-0.2, 0) is 9.47 Å². The fourth-order valence-electron chi connectivity index (χ4n) is 2.28. The Balaban J connectivity index is 2.53. The molecule has 1 atom stereocenters. The summed E-state index contributed by atoms with van der Waals surface area (Å²) in [5, 5.41) is 0. The maximum absolute atomic E-state index is 12.1. The van der Waals surface area contributed by atoms with Crippen molar-refractivity contribution in [2.45, 2.75) is 65.1 Å². The predicted molar refractivity (Wildman–Crippen MR) is 80.8 cm³/mol. The zero-order chi connectivity index (χ0) is 15.4. The third-order valence-electron chi connectivity index (χ3n) is 3.55. The van der Waals surface area contributed by atoms with Gasteiger partial charge in [0.15, 0.2) is 0 Å². The Kier molecular flexibility index (Phi) is 5.63. The quantitative estimate of drug-likeness (QED) is 0.721. The molecule has 0 bridgehead atoms. The number of carbonyl (C=O) groups excluding carboxylic acids is 1. The third kappa shape index (κ3) is 5.16. The number of rotatable bonds is 5. The summed E-state index contributed by atoms with van der Waals surface area (Å²) in [6, 6.07) is 0. The van der Waals surface area contributed by atoms with E-state index in [1.807, 2.05) is 27.7 Å². The van der Waals surface area contributed by atoms with Gasteiger partial charge in [0.1, 0.15) is 5.60 Å². The van der Waals surface area contributed by atoms with Crippen LogP contribution < -0.4 is 0 Å². The van der Waals surface area contributed by atoms with Gasteiger partial charge < -0.3 is 14.4 Å². The lowest BCUT2D eigenvalue weighted by Crippen LogP contribution is -2.40. The minimum Gasteiger partial charge on any atom is -0.444 e. The van der Waals surface area contributed by atoms with E-state index in [0.717, 1.165) is 24.8 Å². The van der Waals surface area contributed by atoms with Crippen molar-refractivity contribution in [3.8, 4) is 0 Å². The smallest absolute Gasteiger partial charge is 0.410 e. The molecule has 4 heteroatoms. The second-order valence-electron chi connectivity index (χ2n) is 6.74. The lowest BCUT2D eigenvalue weighted by molar-refractivity contribution is -0.0411. The van der Waals surface area contributed by atoms with Gasteiger partial charge in [-0.1, -0.05) is 12.5 Å². The molecule has 0 aromatic heterocycles. The Morgan fingerprint density at radius 1 is 1.40 bits per heavy atom. The molecule has 1 saturated heterocycles. The largest absolute Gasteiger partial charge is 0.444 e. The third-order valence-corrected chi connectivity index (χ3v) is 3.55. The first-order valence-electron chi connectivity index (χ1n) is 7.44. The number of nitrogens with zero attached hydrogens (tertiary/aromatic N) is 1. The maximum atomic E-state index is 12.1. The first-order chi connectivity index (χ1) is 9.17. The Morgan fingerprint density at radius 2 is 2.05 bits per heavy atom. The monoisotopic (exact) mass is 283 g/mol. The first-order valence-corrected chi connectivity index (χ1v) is 7.44. The second-order valence-corrected chi connectivity index (χ2v) is 6.74. The van der Waals surface area contributed by atoms with Gasteiger partial charge in [-0.3, -0.25) is 0 Å². The molecule has 1 rings (SSSR count). The van der Waals surface area contributed by atoms with Crippen molar-refractivity contribution in [1.29, 1.82) is 0 Å². The molecular weight excluding hydrogens is 254 g/mol. The molecule has 1 aliphatic rings. The lowest BCUT2D eigenvalue weighted by atomic mass is 10.00. The first kappa shape index (κ1) is 17.0. The van der Waals surface area contributed by atoms with Gasteiger partial charge in [0, 0.05) is 6.54 Å². The fourth-order valence-corrected chi connectivity index (χ4v) is 2.28. The van der Waals surface area contributed by atoms with Crippen LogP contribution in [0.15, 0.2) is 12.2 Å². The molecule has 4 nitrogen and oxygen atoms in total. The number of amides is 1. The number of likely N-dealkylation sites (tertiary alicyclic amines) is 1. The summed E-state index contributed by atoms with van der Waals surface area (Å²) in [6.07, 6.45) is 2.41. The average molecular weight is 283 g/mol. The van der Waals surface area contributed by atoms with E-state index in [2.05, 4.69) is 13.5 Å². The van der Waals surface area contributed by atoms with Crippen LogP contribution in [-0.4, -0.2) is 41.9 Å². The minimum atomic E-state index is -0.449. The van der Waals surface area contributed by atoms with Gasteiger partial charge in [0.05, 0.1) is 18.8 Å². The zero-order valence-corrected chi connectivity index (χ0v) is 13.6. The van der Waals surface area contributed by atoms with Gasteiger partial charge in [-0.05, 0) is 47.0 Å². The van der Waals surface area contributed by atoms with Crippen molar-refractivity contribution in [3.05, 3.63) is 12.2 Å². The normalized spacial score (nSPS) is 22.9. The average Bonchev–Trinajstić information content (AvgIpc) is 2.71. The lowest BCUT2D eigenvalue weighted by Gasteiger charge is -2.29. The molecule has 1 heterocycles. The van der Waals surface area contributed by atoms with E-state index in [4.69, 9.17) is 9.47 Å². The molecule has 116 valence electrons. The molecule has 0 aromatic carbocycles. The van der Waals surface area contributed by atoms with E-state index >= 15 is 0 Å². The molecule has 0 aliphatic carbocycles. The van der Waals surface area contributed by atoms with Crippen LogP contribution in [0.25, 0.3) is 0 Å². The highest BCUT2D eigenvalue weighted by atomic mass is 16.6. The van der Waals surface area contributed by atoms with Crippen LogP contribution in [0.5, 0.6) is 0 Å². The molecule has 20 heavy (non-hydrogen) atoms. The zero-order valence-electron chi connectivity index (χ0n) is 13.6. The highest BCUT2D eigenvalue weighted by molar-refractivity contribution is 5.68. The van der Waals surface area contributed by atoms with Crippen LogP contribution in [0, 0.1) is 0 Å². The summed E-state index contributed by atoms with van der Waals surface area (Å²) < 4.78 is 11.5. The van der Waals surface area contributed by atoms with Gasteiger partial charge in [0.25, 0.3) is 0 Å². The molecule has 0 spiro atoms. The summed E-state index contributed by atoms with van der Waals surface area (Å²) in [5.41, 5.74) is 0.458. The van der Waals surface area contributed by atoms with Crippen molar-refractivity contribution in [2.24, 2.45) is 0 Å². The van der Waals surface area contributed by atoms with Crippen LogP contribution in [0.3, 0.4) is 0 Å². The highest BCUT2D eigenvalue weighted by Crippen LogP contribution is 2.30. The SMILES string of the molecule is C=C(C)CCOC1(CC)CCN(C(=O)OC(C)(C)C)C1. The van der Waals surface area contributed by atoms with Crippen molar-refractivity contribution >= 4 is 6.09 Å². The molecule has 0 radical (unpaired) electrons. The van der Waals surface area contributed by atoms with Crippen molar-refractivity contribution in [3.63, 3.8) is 0 Å². The van der Waals surface area contributed by atoms with E-state index in [-0.39, 0.29) is 11.7 Å². The molecule has 1 amide bonds. The van der Waals surface area contributed by atoms with E-state index < -0.39 is 5.60 Å². The molecule has 0 N–H and O–H groups in total. The van der Waals surface area contributed by atoms with Crippen LogP contribution in [0.1, 0.15) is 53.9 Å². The number of carbonyl (C=O) groups is 1. The minimum absolute atomic E-state index is 0.216. The van der Waals surface area contributed by atoms with Gasteiger partial charge in [-0.25, -0.2) is 4.79 Å². The summed E-state index contributed by atoms with van der Waals surface area (Å²) in [6.45, 7) is 15.7. The van der Waals surface area contributed by atoms with E-state index in [9.17, 15) is 4.79 Å². The molecule has 0 saturated carbocycles. The summed E-state index contributed by atoms with van der Waals surface area (Å²) in [7, 11) is 0. The molecule has 0 aromatic rings. The van der Waals surface area contributed by atoms with Crippen LogP contribution in [0.4, 0.5) is 4.79 Å². The molecular formula is C16H29NO3. The molecule has 1 unspecified atom stereocenters. The summed E-state index contributed by atoms with van der Waals surface area (Å²) >= 11 is 0. The van der Waals surface area contributed by atoms with E-state index in [1.165, 1.54) is 0 Å². The highest BCUT2D eigenvalue weighted by Gasteiger charge is 2.40. The standard InChI is InChI=1S/C16H29NO3/c1-7-16(19-11-8-13(2)3)9-10-17(12-16)14(18)20-15(4,5)6/h2,7-12H2,1,3-6H3. The topological polar surface area (TPSA) is 38.8 Å². The Morgan fingerprint density at radius 3 is 2.55 bits per heavy atom. The Hall–Kier alpha value is -1.03. The maximum Gasteiger partial charge on any atom is 0.410 e. The van der Waals surface area contributed by atoms with Crippen molar-refractivity contribution in [2.75, 3.05) is 19.7 Å². The second kappa shape index (κ2) is 6.61. The van der Waals surface area contributed by atoms with Gasteiger partial charge in [-0.2, -0.15) is 0 Å². The molecule has 1 fully saturated rings. The Labute approximate surface area is 123 Å².